The average molecular weight is 279 g/mol. The Bertz CT molecular complexity index is 393. The van der Waals surface area contributed by atoms with Crippen molar-refractivity contribution in [1.82, 2.24) is 9.97 Å². The molecule has 0 spiro atoms. The van der Waals surface area contributed by atoms with E-state index in [9.17, 15) is 0 Å². The third-order valence-electron chi connectivity index (χ3n) is 3.06. The predicted octanol–water partition coefficient (Wildman–Crippen LogP) is 3.98. The van der Waals surface area contributed by atoms with E-state index in [0.717, 1.165) is 43.1 Å². The molecule has 0 aliphatic rings. The molecule has 0 amide bonds. The first kappa shape index (κ1) is 16.9. The molecule has 1 N–H and O–H groups in total. The number of aromatic nitrogens is 2. The van der Waals surface area contributed by atoms with E-state index >= 15 is 0 Å². The van der Waals surface area contributed by atoms with Crippen molar-refractivity contribution in [1.29, 1.82) is 0 Å². The van der Waals surface area contributed by atoms with E-state index in [0.29, 0.717) is 12.5 Å². The van der Waals surface area contributed by atoms with Gasteiger partial charge in [0.1, 0.15) is 11.9 Å². The first-order valence-electron chi connectivity index (χ1n) is 7.85. The highest BCUT2D eigenvalue weighted by molar-refractivity contribution is 5.36. The van der Waals surface area contributed by atoms with Crippen molar-refractivity contribution in [3.63, 3.8) is 0 Å². The lowest BCUT2D eigenvalue weighted by atomic mass is 10.1. The van der Waals surface area contributed by atoms with Gasteiger partial charge in [0.15, 0.2) is 5.82 Å². The quantitative estimate of drug-likeness (QED) is 0.742. The minimum absolute atomic E-state index is 0.0287. The molecule has 0 radical (unpaired) electrons. The fourth-order valence-electron chi connectivity index (χ4n) is 2.12. The Labute approximate surface area is 123 Å². The van der Waals surface area contributed by atoms with E-state index in [1.165, 1.54) is 0 Å². The number of nitrogens with one attached hydrogen (secondary N) is 1. The van der Waals surface area contributed by atoms with Crippen molar-refractivity contribution in [3.05, 3.63) is 17.6 Å². The molecule has 20 heavy (non-hydrogen) atoms. The van der Waals surface area contributed by atoms with Crippen LogP contribution >= 0.6 is 0 Å². The molecule has 4 heteroatoms. The van der Waals surface area contributed by atoms with Gasteiger partial charge in [-0.25, -0.2) is 9.97 Å². The molecule has 0 bridgehead atoms. The third kappa shape index (κ3) is 5.08. The molecule has 0 saturated heterocycles. The van der Waals surface area contributed by atoms with E-state index in [2.05, 4.69) is 44.1 Å². The minimum atomic E-state index is -0.0287. The Morgan fingerprint density at radius 2 is 1.90 bits per heavy atom. The standard InChI is InChI=1S/C16H29N3O/c1-6-9-13-11-14(17-10-7-2)19-16(18-13)15(12(4)5)20-8-3/h11-12,15H,6-10H2,1-5H3,(H,17,18,19). The normalized spacial score (nSPS) is 12.7. The summed E-state index contributed by atoms with van der Waals surface area (Å²) in [5, 5.41) is 3.36. The van der Waals surface area contributed by atoms with Crippen LogP contribution in [0.2, 0.25) is 0 Å². The fraction of sp³-hybridized carbons (Fsp3) is 0.750. The zero-order valence-corrected chi connectivity index (χ0v) is 13.6. The maximum Gasteiger partial charge on any atom is 0.159 e. The van der Waals surface area contributed by atoms with Crippen LogP contribution < -0.4 is 5.32 Å². The lowest BCUT2D eigenvalue weighted by molar-refractivity contribution is 0.0231. The van der Waals surface area contributed by atoms with Gasteiger partial charge in [0, 0.05) is 24.9 Å². The predicted molar refractivity (Wildman–Crippen MR) is 84.0 cm³/mol. The van der Waals surface area contributed by atoms with Gasteiger partial charge in [0.05, 0.1) is 0 Å². The Hall–Kier alpha value is -1.16. The minimum Gasteiger partial charge on any atom is -0.370 e. The van der Waals surface area contributed by atoms with Crippen LogP contribution in [0.4, 0.5) is 5.82 Å². The molecule has 0 aliphatic carbocycles. The molecule has 0 fully saturated rings. The number of anilines is 1. The second kappa shape index (κ2) is 8.90. The highest BCUT2D eigenvalue weighted by Crippen LogP contribution is 2.24. The van der Waals surface area contributed by atoms with Crippen molar-refractivity contribution >= 4 is 5.82 Å². The summed E-state index contributed by atoms with van der Waals surface area (Å²) in [5.41, 5.74) is 1.10. The van der Waals surface area contributed by atoms with Crippen molar-refractivity contribution in [3.8, 4) is 0 Å². The monoisotopic (exact) mass is 279 g/mol. The molecular weight excluding hydrogens is 250 g/mol. The molecule has 1 aromatic rings. The van der Waals surface area contributed by atoms with Crippen LogP contribution in [0.25, 0.3) is 0 Å². The largest absolute Gasteiger partial charge is 0.370 e. The van der Waals surface area contributed by atoms with Crippen molar-refractivity contribution < 1.29 is 4.74 Å². The average Bonchev–Trinajstić information content (AvgIpc) is 2.42. The van der Waals surface area contributed by atoms with Gasteiger partial charge >= 0.3 is 0 Å². The smallest absolute Gasteiger partial charge is 0.159 e. The molecule has 0 aliphatic heterocycles. The summed E-state index contributed by atoms with van der Waals surface area (Å²) >= 11 is 0. The van der Waals surface area contributed by atoms with Gasteiger partial charge in [-0.1, -0.05) is 34.1 Å². The molecule has 0 aromatic carbocycles. The van der Waals surface area contributed by atoms with Gasteiger partial charge < -0.3 is 10.1 Å². The van der Waals surface area contributed by atoms with Crippen molar-refractivity contribution in [2.75, 3.05) is 18.5 Å². The lowest BCUT2D eigenvalue weighted by Crippen LogP contribution is -2.17. The van der Waals surface area contributed by atoms with Crippen LogP contribution in [0.5, 0.6) is 0 Å². The number of aryl methyl sites for hydroxylation is 1. The van der Waals surface area contributed by atoms with Gasteiger partial charge in [-0.05, 0) is 25.7 Å². The Balaban J connectivity index is 3.04. The maximum absolute atomic E-state index is 5.83. The Morgan fingerprint density at radius 3 is 2.45 bits per heavy atom. The summed E-state index contributed by atoms with van der Waals surface area (Å²) in [7, 11) is 0. The van der Waals surface area contributed by atoms with Gasteiger partial charge in [0.25, 0.3) is 0 Å². The van der Waals surface area contributed by atoms with Crippen LogP contribution in [0.1, 0.15) is 65.1 Å². The van der Waals surface area contributed by atoms with Crippen LogP contribution in [-0.2, 0) is 11.2 Å². The van der Waals surface area contributed by atoms with Crippen LogP contribution in [-0.4, -0.2) is 23.1 Å². The summed E-state index contributed by atoms with van der Waals surface area (Å²) in [4.78, 5) is 9.34. The maximum atomic E-state index is 5.83. The third-order valence-corrected chi connectivity index (χ3v) is 3.06. The first-order chi connectivity index (χ1) is 9.62. The molecule has 114 valence electrons. The van der Waals surface area contributed by atoms with Crippen LogP contribution in [0, 0.1) is 5.92 Å². The van der Waals surface area contributed by atoms with Crippen LogP contribution in [0.15, 0.2) is 6.07 Å². The molecule has 4 nitrogen and oxygen atoms in total. The summed E-state index contributed by atoms with van der Waals surface area (Å²) in [5.74, 6) is 2.10. The zero-order valence-electron chi connectivity index (χ0n) is 13.6. The van der Waals surface area contributed by atoms with E-state index in [1.54, 1.807) is 0 Å². The molecule has 1 atom stereocenters. The second-order valence-corrected chi connectivity index (χ2v) is 5.40. The number of hydrogen-bond donors (Lipinski definition) is 1. The Morgan fingerprint density at radius 1 is 1.15 bits per heavy atom. The first-order valence-corrected chi connectivity index (χ1v) is 7.85. The van der Waals surface area contributed by atoms with Gasteiger partial charge in [-0.3, -0.25) is 0 Å². The summed E-state index contributed by atoms with van der Waals surface area (Å²) in [6.07, 6.45) is 3.12. The molecule has 0 saturated carbocycles. The second-order valence-electron chi connectivity index (χ2n) is 5.40. The molecule has 1 heterocycles. The number of ether oxygens (including phenoxy) is 1. The van der Waals surface area contributed by atoms with E-state index < -0.39 is 0 Å². The van der Waals surface area contributed by atoms with E-state index in [-0.39, 0.29) is 6.10 Å². The molecule has 1 unspecified atom stereocenters. The van der Waals surface area contributed by atoms with E-state index in [4.69, 9.17) is 9.72 Å². The molecule has 1 aromatic heterocycles. The zero-order chi connectivity index (χ0) is 15.0. The summed E-state index contributed by atoms with van der Waals surface area (Å²) < 4.78 is 5.83. The van der Waals surface area contributed by atoms with Crippen molar-refractivity contribution in [2.45, 2.75) is 60.0 Å². The summed E-state index contributed by atoms with van der Waals surface area (Å²) in [6, 6.07) is 2.06. The highest BCUT2D eigenvalue weighted by Gasteiger charge is 2.20. The lowest BCUT2D eigenvalue weighted by Gasteiger charge is -2.20. The number of nitrogens with zero attached hydrogens (tertiary/aromatic N) is 2. The summed E-state index contributed by atoms with van der Waals surface area (Å²) in [6.45, 7) is 12.2. The SMILES string of the molecule is CCCNc1cc(CCC)nc(C(OCC)C(C)C)n1. The van der Waals surface area contributed by atoms with Gasteiger partial charge in [-0.2, -0.15) is 0 Å². The topological polar surface area (TPSA) is 47.0 Å². The van der Waals surface area contributed by atoms with E-state index in [1.807, 2.05) is 6.92 Å². The Kier molecular flexibility index (Phi) is 7.52. The van der Waals surface area contributed by atoms with Gasteiger partial charge in [0.2, 0.25) is 0 Å². The molecular formula is C16H29N3O. The highest BCUT2D eigenvalue weighted by atomic mass is 16.5. The fourth-order valence-corrected chi connectivity index (χ4v) is 2.12. The number of rotatable bonds is 9. The molecule has 1 rings (SSSR count). The number of hydrogen-bond acceptors (Lipinski definition) is 4. The van der Waals surface area contributed by atoms with Gasteiger partial charge in [-0.15, -0.1) is 0 Å². The van der Waals surface area contributed by atoms with Crippen LogP contribution in [0.3, 0.4) is 0 Å². The van der Waals surface area contributed by atoms with Crippen molar-refractivity contribution in [2.24, 2.45) is 5.92 Å².